The number of nitrogens with zero attached hydrogens (tertiary/aromatic N) is 5. The summed E-state index contributed by atoms with van der Waals surface area (Å²) < 4.78 is 3.32. The smallest absolute Gasteiger partial charge is 0.292 e. The molecule has 2 bridgehead atoms. The first kappa shape index (κ1) is 11.9. The minimum Gasteiger partial charge on any atom is -0.292 e. The second-order valence-corrected chi connectivity index (χ2v) is 6.45. The number of fused-ring (bicyclic) bond motifs is 1. The van der Waals surface area contributed by atoms with Crippen LogP contribution in [0.3, 0.4) is 0 Å². The van der Waals surface area contributed by atoms with Crippen LogP contribution in [0.5, 0.6) is 0 Å². The summed E-state index contributed by atoms with van der Waals surface area (Å²) in [5.74, 6) is 0. The van der Waals surface area contributed by atoms with Crippen molar-refractivity contribution >= 4 is 22.8 Å². The van der Waals surface area contributed by atoms with E-state index in [2.05, 4.69) is 16.0 Å². The summed E-state index contributed by atoms with van der Waals surface area (Å²) in [5.41, 5.74) is 1.18. The normalized spacial score (nSPS) is 30.6. The molecule has 7 heteroatoms. The maximum atomic E-state index is 12.5. The van der Waals surface area contributed by atoms with Crippen LogP contribution in [0.1, 0.15) is 25.7 Å². The van der Waals surface area contributed by atoms with Gasteiger partial charge in [-0.2, -0.15) is 10.2 Å². The van der Waals surface area contributed by atoms with Crippen LogP contribution < -0.4 is 5.69 Å². The monoisotopic (exact) mass is 289 g/mol. The van der Waals surface area contributed by atoms with Gasteiger partial charge in [0.05, 0.1) is 17.8 Å². The SMILES string of the molecule is Cn1c(=O)n(C23CC(CC#N)(C2)C3)c2nc(Cl)ncc21. The second kappa shape index (κ2) is 3.41. The van der Waals surface area contributed by atoms with Crippen molar-refractivity contribution in [1.82, 2.24) is 19.1 Å². The van der Waals surface area contributed by atoms with E-state index in [4.69, 9.17) is 16.9 Å². The molecule has 0 unspecified atom stereocenters. The Kier molecular flexibility index (Phi) is 2.03. The number of rotatable bonds is 2. The fraction of sp³-hybridized carbons (Fsp3) is 0.538. The van der Waals surface area contributed by atoms with Crippen molar-refractivity contribution in [2.45, 2.75) is 31.2 Å². The Morgan fingerprint density at radius 3 is 2.85 bits per heavy atom. The number of nitriles is 1. The number of hydrogen-bond donors (Lipinski definition) is 0. The van der Waals surface area contributed by atoms with E-state index in [-0.39, 0.29) is 21.9 Å². The average molecular weight is 290 g/mol. The zero-order valence-electron chi connectivity index (χ0n) is 10.9. The van der Waals surface area contributed by atoms with Gasteiger partial charge in [0.2, 0.25) is 5.28 Å². The minimum absolute atomic E-state index is 0.0816. The highest BCUT2D eigenvalue weighted by Gasteiger charge is 2.69. The van der Waals surface area contributed by atoms with Gasteiger partial charge in [-0.25, -0.2) is 9.78 Å². The summed E-state index contributed by atoms with van der Waals surface area (Å²) in [6, 6.07) is 2.24. The molecule has 0 spiro atoms. The number of hydrogen-bond acceptors (Lipinski definition) is 4. The number of halogens is 1. The van der Waals surface area contributed by atoms with Gasteiger partial charge in [0.25, 0.3) is 0 Å². The van der Waals surface area contributed by atoms with Crippen LogP contribution in [0.2, 0.25) is 5.28 Å². The average Bonchev–Trinajstić information content (AvgIpc) is 2.56. The molecule has 0 atom stereocenters. The van der Waals surface area contributed by atoms with Crippen molar-refractivity contribution in [3.05, 3.63) is 22.0 Å². The molecular weight excluding hydrogens is 278 g/mol. The first-order valence-electron chi connectivity index (χ1n) is 6.48. The molecule has 0 saturated heterocycles. The van der Waals surface area contributed by atoms with E-state index >= 15 is 0 Å². The first-order valence-corrected chi connectivity index (χ1v) is 6.86. The summed E-state index contributed by atoms with van der Waals surface area (Å²) in [7, 11) is 1.72. The van der Waals surface area contributed by atoms with Gasteiger partial charge in [0.1, 0.15) is 5.52 Å². The molecule has 2 heterocycles. The molecule has 2 aromatic rings. The molecule has 3 saturated carbocycles. The lowest BCUT2D eigenvalue weighted by Gasteiger charge is -2.70. The zero-order chi connectivity index (χ0) is 14.1. The van der Waals surface area contributed by atoms with E-state index in [1.165, 1.54) is 0 Å². The van der Waals surface area contributed by atoms with Crippen LogP contribution >= 0.6 is 11.6 Å². The molecule has 6 nitrogen and oxygen atoms in total. The Morgan fingerprint density at radius 2 is 2.20 bits per heavy atom. The predicted molar refractivity (Wildman–Crippen MR) is 72.3 cm³/mol. The Bertz CT molecular complexity index is 823. The Balaban J connectivity index is 1.87. The predicted octanol–water partition coefficient (Wildman–Crippen LogP) is 1.58. The van der Waals surface area contributed by atoms with Gasteiger partial charge >= 0.3 is 5.69 Å². The molecule has 102 valence electrons. The third-order valence-electron chi connectivity index (χ3n) is 4.81. The summed E-state index contributed by atoms with van der Waals surface area (Å²) in [4.78, 5) is 20.6. The highest BCUT2D eigenvalue weighted by Crippen LogP contribution is 2.72. The molecule has 20 heavy (non-hydrogen) atoms. The molecule has 2 aromatic heterocycles. The quantitative estimate of drug-likeness (QED) is 0.787. The van der Waals surface area contributed by atoms with E-state index in [0.29, 0.717) is 17.6 Å². The van der Waals surface area contributed by atoms with Crippen LogP contribution in [0.4, 0.5) is 0 Å². The van der Waals surface area contributed by atoms with E-state index < -0.39 is 0 Å². The molecule has 3 aliphatic rings. The maximum Gasteiger partial charge on any atom is 0.330 e. The number of imidazole rings is 1. The highest BCUT2D eigenvalue weighted by molar-refractivity contribution is 6.28. The standard InChI is InChI=1S/C13H12ClN5O/c1-18-8-4-16-10(14)17-9(8)19(11(18)20)13-5-12(6-13,7-13)2-3-15/h4H,2,5-7H2,1H3. The largest absolute Gasteiger partial charge is 0.330 e. The van der Waals surface area contributed by atoms with E-state index in [9.17, 15) is 4.79 Å². The molecule has 0 N–H and O–H groups in total. The van der Waals surface area contributed by atoms with Crippen LogP contribution in [0, 0.1) is 16.7 Å². The lowest BCUT2D eigenvalue weighted by Crippen LogP contribution is -2.69. The van der Waals surface area contributed by atoms with Gasteiger partial charge in [0, 0.05) is 13.5 Å². The van der Waals surface area contributed by atoms with Crippen molar-refractivity contribution in [2.24, 2.45) is 12.5 Å². The van der Waals surface area contributed by atoms with Crippen molar-refractivity contribution in [1.29, 1.82) is 5.26 Å². The first-order chi connectivity index (χ1) is 9.50. The molecular formula is C13H12ClN5O. The molecule has 0 radical (unpaired) electrons. The Labute approximate surface area is 119 Å². The van der Waals surface area contributed by atoms with Crippen molar-refractivity contribution in [3.8, 4) is 6.07 Å². The van der Waals surface area contributed by atoms with Gasteiger partial charge in [-0.1, -0.05) is 0 Å². The lowest BCUT2D eigenvalue weighted by molar-refractivity contribution is -0.183. The van der Waals surface area contributed by atoms with Crippen molar-refractivity contribution in [2.75, 3.05) is 0 Å². The van der Waals surface area contributed by atoms with Gasteiger partial charge in [-0.15, -0.1) is 0 Å². The summed E-state index contributed by atoms with van der Waals surface area (Å²) >= 11 is 5.86. The van der Waals surface area contributed by atoms with Gasteiger partial charge in [0.15, 0.2) is 5.65 Å². The molecule has 3 aliphatic carbocycles. The van der Waals surface area contributed by atoms with Crippen LogP contribution in [0.15, 0.2) is 11.0 Å². The number of aryl methyl sites for hydroxylation is 1. The molecule has 3 fully saturated rings. The maximum absolute atomic E-state index is 12.5. The van der Waals surface area contributed by atoms with Gasteiger partial charge < -0.3 is 0 Å². The van der Waals surface area contributed by atoms with E-state index in [0.717, 1.165) is 19.3 Å². The van der Waals surface area contributed by atoms with Gasteiger partial charge in [-0.3, -0.25) is 9.13 Å². The molecule has 0 aliphatic heterocycles. The highest BCUT2D eigenvalue weighted by atomic mass is 35.5. The third kappa shape index (κ3) is 1.21. The molecule has 0 amide bonds. The molecule has 0 aromatic carbocycles. The topological polar surface area (TPSA) is 76.5 Å². The Morgan fingerprint density at radius 1 is 1.50 bits per heavy atom. The molecule has 5 rings (SSSR count). The zero-order valence-corrected chi connectivity index (χ0v) is 11.7. The van der Waals surface area contributed by atoms with Gasteiger partial charge in [-0.05, 0) is 36.3 Å². The minimum atomic E-state index is -0.162. The third-order valence-corrected chi connectivity index (χ3v) is 4.99. The fourth-order valence-corrected chi connectivity index (χ4v) is 4.18. The summed E-state index contributed by atoms with van der Waals surface area (Å²) in [6.07, 6.45) is 4.81. The second-order valence-electron chi connectivity index (χ2n) is 6.11. The van der Waals surface area contributed by atoms with Crippen molar-refractivity contribution in [3.63, 3.8) is 0 Å². The number of aromatic nitrogens is 4. The van der Waals surface area contributed by atoms with E-state index in [1.54, 1.807) is 22.4 Å². The van der Waals surface area contributed by atoms with E-state index in [1.807, 2.05) is 0 Å². The van der Waals surface area contributed by atoms with Crippen LogP contribution in [-0.4, -0.2) is 19.1 Å². The Hall–Kier alpha value is -1.87. The fourth-order valence-electron chi connectivity index (χ4n) is 4.05. The summed E-state index contributed by atoms with van der Waals surface area (Å²) in [5, 5.41) is 9.00. The van der Waals surface area contributed by atoms with Crippen molar-refractivity contribution < 1.29 is 0 Å². The van der Waals surface area contributed by atoms with Crippen LogP contribution in [-0.2, 0) is 12.6 Å². The lowest BCUT2D eigenvalue weighted by atomic mass is 9.38. The summed E-state index contributed by atoms with van der Waals surface area (Å²) in [6.45, 7) is 0. The van der Waals surface area contributed by atoms with Crippen LogP contribution in [0.25, 0.3) is 11.2 Å².